The highest BCUT2D eigenvalue weighted by molar-refractivity contribution is 6.00. The zero-order chi connectivity index (χ0) is 20.0. The van der Waals surface area contributed by atoms with Crippen molar-refractivity contribution < 1.29 is 9.53 Å². The van der Waals surface area contributed by atoms with Crippen molar-refractivity contribution in [3.63, 3.8) is 0 Å². The SMILES string of the molecule is COc1ccc(C2CC(=O)C3=C(C2)Nc2ncnn2C3c2cccc(C)c2)cc1. The van der Waals surface area contributed by atoms with Gasteiger partial charge in [0.1, 0.15) is 18.1 Å². The number of nitrogens with one attached hydrogen (secondary N) is 1. The molecule has 146 valence electrons. The van der Waals surface area contributed by atoms with Crippen LogP contribution in [0, 0.1) is 6.92 Å². The van der Waals surface area contributed by atoms with Crippen molar-refractivity contribution >= 4 is 11.7 Å². The monoisotopic (exact) mass is 386 g/mol. The molecule has 0 bridgehead atoms. The lowest BCUT2D eigenvalue weighted by Gasteiger charge is -2.35. The number of methoxy groups -OCH3 is 1. The van der Waals surface area contributed by atoms with E-state index >= 15 is 0 Å². The summed E-state index contributed by atoms with van der Waals surface area (Å²) in [4.78, 5) is 17.7. The Morgan fingerprint density at radius 2 is 1.93 bits per heavy atom. The zero-order valence-corrected chi connectivity index (χ0v) is 16.4. The van der Waals surface area contributed by atoms with Gasteiger partial charge < -0.3 is 10.1 Å². The summed E-state index contributed by atoms with van der Waals surface area (Å²) >= 11 is 0. The van der Waals surface area contributed by atoms with Crippen molar-refractivity contribution in [3.05, 3.63) is 82.8 Å². The zero-order valence-electron chi connectivity index (χ0n) is 16.4. The van der Waals surface area contributed by atoms with E-state index in [0.29, 0.717) is 12.4 Å². The number of hydrogen-bond donors (Lipinski definition) is 1. The van der Waals surface area contributed by atoms with Gasteiger partial charge in [-0.25, -0.2) is 4.68 Å². The Balaban J connectivity index is 1.56. The van der Waals surface area contributed by atoms with E-state index in [1.807, 2.05) is 35.0 Å². The number of rotatable bonds is 3. The Bertz CT molecular complexity index is 1110. The lowest BCUT2D eigenvalue weighted by molar-refractivity contribution is -0.116. The second-order valence-corrected chi connectivity index (χ2v) is 7.66. The van der Waals surface area contributed by atoms with Gasteiger partial charge in [-0.2, -0.15) is 10.1 Å². The van der Waals surface area contributed by atoms with Crippen molar-refractivity contribution in [1.29, 1.82) is 0 Å². The van der Waals surface area contributed by atoms with Crippen LogP contribution in [-0.2, 0) is 4.79 Å². The van der Waals surface area contributed by atoms with Gasteiger partial charge in [-0.05, 0) is 42.5 Å². The van der Waals surface area contributed by atoms with E-state index in [9.17, 15) is 4.79 Å². The van der Waals surface area contributed by atoms with Gasteiger partial charge in [-0.15, -0.1) is 0 Å². The van der Waals surface area contributed by atoms with Crippen molar-refractivity contribution in [2.45, 2.75) is 31.7 Å². The number of hydrogen-bond acceptors (Lipinski definition) is 5. The second-order valence-electron chi connectivity index (χ2n) is 7.66. The molecule has 3 aromatic rings. The van der Waals surface area contributed by atoms with E-state index in [0.717, 1.165) is 40.1 Å². The van der Waals surface area contributed by atoms with E-state index in [1.54, 1.807) is 7.11 Å². The molecular weight excluding hydrogens is 364 g/mol. The molecular formula is C23H22N4O2. The van der Waals surface area contributed by atoms with Crippen LogP contribution in [-0.4, -0.2) is 27.7 Å². The summed E-state index contributed by atoms with van der Waals surface area (Å²) in [6.45, 7) is 2.06. The number of aromatic nitrogens is 3. The molecule has 0 amide bonds. The van der Waals surface area contributed by atoms with Gasteiger partial charge in [0, 0.05) is 17.7 Å². The van der Waals surface area contributed by atoms with E-state index in [1.165, 1.54) is 6.33 Å². The number of Topliss-reactive ketones (excluding diaryl/α,β-unsaturated/α-hetero) is 1. The summed E-state index contributed by atoms with van der Waals surface area (Å²) in [6.07, 6.45) is 2.79. The standard InChI is InChI=1S/C23H22N4O2/c1-14-4-3-5-16(10-14)22-21-19(26-23-24-13-25-27(22)23)11-17(12-20(21)28)15-6-8-18(29-2)9-7-15/h3-10,13,17,22H,11-12H2,1-2H3,(H,24,25,26). The van der Waals surface area contributed by atoms with E-state index < -0.39 is 0 Å². The molecule has 0 radical (unpaired) electrons. The molecule has 0 fully saturated rings. The summed E-state index contributed by atoms with van der Waals surface area (Å²) in [5, 5.41) is 7.78. The first-order valence-electron chi connectivity index (χ1n) is 9.77. The molecule has 0 saturated heterocycles. The van der Waals surface area contributed by atoms with Crippen molar-refractivity contribution in [2.75, 3.05) is 12.4 Å². The Morgan fingerprint density at radius 1 is 1.10 bits per heavy atom. The molecule has 2 aliphatic rings. The molecule has 2 atom stereocenters. The Hall–Kier alpha value is -3.41. The Kier molecular flexibility index (Phi) is 4.19. The number of nitrogens with zero attached hydrogens (tertiary/aromatic N) is 3. The summed E-state index contributed by atoms with van der Waals surface area (Å²) in [7, 11) is 1.66. The summed E-state index contributed by atoms with van der Waals surface area (Å²) < 4.78 is 7.08. The number of allylic oxidation sites excluding steroid dienone is 2. The topological polar surface area (TPSA) is 69.0 Å². The largest absolute Gasteiger partial charge is 0.497 e. The number of carbonyl (C=O) groups excluding carboxylic acids is 1. The normalized spacial score (nSPS) is 20.7. The second kappa shape index (κ2) is 6.88. The van der Waals surface area contributed by atoms with Crippen molar-refractivity contribution in [1.82, 2.24) is 14.8 Å². The van der Waals surface area contributed by atoms with Crippen LogP contribution in [0.3, 0.4) is 0 Å². The number of aryl methyl sites for hydroxylation is 1. The van der Waals surface area contributed by atoms with Gasteiger partial charge in [0.2, 0.25) is 5.95 Å². The molecule has 0 saturated carbocycles. The van der Waals surface area contributed by atoms with Crippen LogP contribution in [0.4, 0.5) is 5.95 Å². The van der Waals surface area contributed by atoms with Crippen molar-refractivity contribution in [2.24, 2.45) is 0 Å². The minimum absolute atomic E-state index is 0.132. The fourth-order valence-electron chi connectivity index (χ4n) is 4.41. The molecule has 2 heterocycles. The summed E-state index contributed by atoms with van der Waals surface area (Å²) in [5.41, 5.74) is 5.12. The molecule has 6 nitrogen and oxygen atoms in total. The van der Waals surface area contributed by atoms with Gasteiger partial charge in [-0.1, -0.05) is 42.0 Å². The van der Waals surface area contributed by atoms with Crippen LogP contribution >= 0.6 is 0 Å². The molecule has 1 aromatic heterocycles. The lowest BCUT2D eigenvalue weighted by atomic mass is 9.78. The van der Waals surface area contributed by atoms with Gasteiger partial charge in [0.05, 0.1) is 7.11 Å². The maximum absolute atomic E-state index is 13.4. The first-order chi connectivity index (χ1) is 14.1. The van der Waals surface area contributed by atoms with Crippen LogP contribution in [0.15, 0.2) is 66.1 Å². The molecule has 1 aliphatic carbocycles. The summed E-state index contributed by atoms with van der Waals surface area (Å²) in [5.74, 6) is 1.79. The average molecular weight is 386 g/mol. The molecule has 0 spiro atoms. The number of benzene rings is 2. The number of anilines is 1. The molecule has 1 N–H and O–H groups in total. The predicted molar refractivity (Wildman–Crippen MR) is 110 cm³/mol. The average Bonchev–Trinajstić information content (AvgIpc) is 3.20. The third kappa shape index (κ3) is 3.01. The third-order valence-corrected chi connectivity index (χ3v) is 5.81. The minimum atomic E-state index is -0.243. The van der Waals surface area contributed by atoms with Gasteiger partial charge in [0.25, 0.3) is 0 Å². The van der Waals surface area contributed by atoms with Crippen LogP contribution in [0.5, 0.6) is 5.75 Å². The van der Waals surface area contributed by atoms with E-state index in [2.05, 4.69) is 40.5 Å². The number of ether oxygens (including phenoxy) is 1. The van der Waals surface area contributed by atoms with Gasteiger partial charge in [0.15, 0.2) is 5.78 Å². The Labute approximate surface area is 169 Å². The third-order valence-electron chi connectivity index (χ3n) is 5.81. The number of ketones is 1. The fourth-order valence-corrected chi connectivity index (χ4v) is 4.41. The number of carbonyl (C=O) groups is 1. The quantitative estimate of drug-likeness (QED) is 0.737. The van der Waals surface area contributed by atoms with Gasteiger partial charge >= 0.3 is 0 Å². The minimum Gasteiger partial charge on any atom is -0.497 e. The van der Waals surface area contributed by atoms with Crippen molar-refractivity contribution in [3.8, 4) is 5.75 Å². The molecule has 6 heteroatoms. The lowest BCUT2D eigenvalue weighted by Crippen LogP contribution is -2.33. The molecule has 5 rings (SSSR count). The highest BCUT2D eigenvalue weighted by atomic mass is 16.5. The smallest absolute Gasteiger partial charge is 0.226 e. The highest BCUT2D eigenvalue weighted by Crippen LogP contribution is 2.44. The molecule has 2 unspecified atom stereocenters. The molecule has 29 heavy (non-hydrogen) atoms. The predicted octanol–water partition coefficient (Wildman–Crippen LogP) is 4.01. The van der Waals surface area contributed by atoms with E-state index in [4.69, 9.17) is 4.74 Å². The Morgan fingerprint density at radius 3 is 2.69 bits per heavy atom. The van der Waals surface area contributed by atoms with Crippen LogP contribution in [0.25, 0.3) is 0 Å². The van der Waals surface area contributed by atoms with Crippen LogP contribution in [0.2, 0.25) is 0 Å². The van der Waals surface area contributed by atoms with Gasteiger partial charge in [-0.3, -0.25) is 4.79 Å². The molecule has 2 aromatic carbocycles. The molecule has 1 aliphatic heterocycles. The first-order valence-corrected chi connectivity index (χ1v) is 9.77. The maximum Gasteiger partial charge on any atom is 0.226 e. The number of fused-ring (bicyclic) bond motifs is 1. The fraction of sp³-hybridized carbons (Fsp3) is 0.261. The van der Waals surface area contributed by atoms with Crippen LogP contribution in [0.1, 0.15) is 41.5 Å². The highest BCUT2D eigenvalue weighted by Gasteiger charge is 2.39. The van der Waals surface area contributed by atoms with E-state index in [-0.39, 0.29) is 17.7 Å². The summed E-state index contributed by atoms with van der Waals surface area (Å²) in [6, 6.07) is 16.0. The van der Waals surface area contributed by atoms with Crippen LogP contribution < -0.4 is 10.1 Å². The maximum atomic E-state index is 13.4. The first kappa shape index (κ1) is 17.7.